The Morgan fingerprint density at radius 3 is 2.65 bits per heavy atom. The number of ketones is 1. The van der Waals surface area contributed by atoms with Crippen molar-refractivity contribution in [3.63, 3.8) is 0 Å². The first-order valence-corrected chi connectivity index (χ1v) is 18.5. The maximum Gasteiger partial charge on any atom is 0.415 e. The molecule has 0 aromatic heterocycles. The van der Waals surface area contributed by atoms with Crippen LogP contribution in [0.1, 0.15) is 63.0 Å². The van der Waals surface area contributed by atoms with Crippen LogP contribution < -0.4 is 31.6 Å². The molecule has 7 atom stereocenters. The summed E-state index contributed by atoms with van der Waals surface area (Å²) in [7, 11) is 3.57. The van der Waals surface area contributed by atoms with E-state index in [1.54, 1.807) is 13.2 Å². The first-order chi connectivity index (χ1) is 25.7. The Balaban J connectivity index is 1.20. The number of likely N-dealkylation sites (tertiary alicyclic amines) is 2. The van der Waals surface area contributed by atoms with Crippen LogP contribution >= 0.6 is 0 Å². The molecule has 5 aliphatic rings. The number of aliphatic carboxylic acids is 1. The molecule has 0 saturated carbocycles. The smallest absolute Gasteiger partial charge is 0.415 e. The summed E-state index contributed by atoms with van der Waals surface area (Å²) in [6, 6.07) is 2.94. The van der Waals surface area contributed by atoms with Gasteiger partial charge in [0.15, 0.2) is 29.3 Å². The predicted molar refractivity (Wildman–Crippen MR) is 194 cm³/mol. The maximum atomic E-state index is 14.1. The van der Waals surface area contributed by atoms with Gasteiger partial charge < -0.3 is 56.3 Å². The van der Waals surface area contributed by atoms with E-state index in [4.69, 9.17) is 25.7 Å². The van der Waals surface area contributed by atoms with Gasteiger partial charge in [-0.3, -0.25) is 24.2 Å². The average Bonchev–Trinajstić information content (AvgIpc) is 3.49. The maximum absolute atomic E-state index is 14.1. The lowest BCUT2D eigenvalue weighted by molar-refractivity contribution is -0.163. The van der Waals surface area contributed by atoms with Gasteiger partial charge in [0, 0.05) is 56.9 Å². The molecule has 2 aliphatic carbocycles. The summed E-state index contributed by atoms with van der Waals surface area (Å²) in [4.78, 5) is 71.3. The van der Waals surface area contributed by atoms with Crippen LogP contribution in [0.2, 0.25) is 0 Å². The lowest BCUT2D eigenvalue weighted by Gasteiger charge is -2.61. The lowest BCUT2D eigenvalue weighted by Crippen LogP contribution is -2.74. The van der Waals surface area contributed by atoms with E-state index >= 15 is 0 Å². The molecular formula is C37H51N7O10. The zero-order valence-corrected chi connectivity index (χ0v) is 31.0. The van der Waals surface area contributed by atoms with Crippen molar-refractivity contribution in [2.45, 2.75) is 87.5 Å². The zero-order valence-electron chi connectivity index (χ0n) is 31.0. The number of hydrogen-bond donors (Lipinski definition) is 6. The molecule has 17 heteroatoms. The zero-order chi connectivity index (χ0) is 38.9. The lowest BCUT2D eigenvalue weighted by atomic mass is 9.50. The van der Waals surface area contributed by atoms with Gasteiger partial charge in [0.2, 0.25) is 11.8 Å². The molecule has 3 aliphatic heterocycles. The number of carboxylic acid groups (broad SMARTS) is 1. The molecule has 2 unspecified atom stereocenters. The summed E-state index contributed by atoms with van der Waals surface area (Å²) in [5, 5.41) is 27.7. The summed E-state index contributed by atoms with van der Waals surface area (Å²) < 4.78 is 18.5. The number of Topliss-reactive ketones (excluding diaryl/α,β-unsaturated/α-hetero) is 1. The fourth-order valence-corrected chi connectivity index (χ4v) is 9.26. The molecule has 1 aromatic rings. The third-order valence-corrected chi connectivity index (χ3v) is 12.0. The molecule has 294 valence electrons. The van der Waals surface area contributed by atoms with E-state index in [-0.39, 0.29) is 87.7 Å². The number of carboxylic acids is 1. The molecule has 17 nitrogen and oxygen atoms in total. The Morgan fingerprint density at radius 2 is 1.94 bits per heavy atom. The van der Waals surface area contributed by atoms with Crippen LogP contribution in [-0.2, 0) is 35.8 Å². The van der Waals surface area contributed by atoms with Crippen molar-refractivity contribution in [3.05, 3.63) is 35.1 Å². The Hall–Kier alpha value is -4.90. The Morgan fingerprint density at radius 1 is 1.17 bits per heavy atom. The number of hydrogen-bond acceptors (Lipinski definition) is 11. The molecule has 8 N–H and O–H groups in total. The molecule has 3 heterocycles. The number of nitrogens with two attached hydrogens (primary N) is 2. The number of benzene rings is 1. The first-order valence-electron chi connectivity index (χ1n) is 18.5. The van der Waals surface area contributed by atoms with Crippen molar-refractivity contribution >= 4 is 35.6 Å². The highest BCUT2D eigenvalue weighted by molar-refractivity contribution is 5.90. The van der Waals surface area contributed by atoms with Gasteiger partial charge in [-0.1, -0.05) is 6.07 Å². The second-order valence-electron chi connectivity index (χ2n) is 15.1. The van der Waals surface area contributed by atoms with Gasteiger partial charge in [0.05, 0.1) is 36.6 Å². The number of rotatable bonds is 14. The van der Waals surface area contributed by atoms with Crippen LogP contribution in [-0.4, -0.2) is 126 Å². The van der Waals surface area contributed by atoms with Crippen LogP contribution in [0.25, 0.3) is 0 Å². The minimum absolute atomic E-state index is 0.0595. The predicted octanol–water partition coefficient (Wildman–Crippen LogP) is 0.156. The first kappa shape index (κ1) is 38.8. The van der Waals surface area contributed by atoms with E-state index in [9.17, 15) is 34.2 Å². The molecule has 2 bridgehead atoms. The number of ether oxygens (including phenoxy) is 3. The van der Waals surface area contributed by atoms with E-state index in [0.717, 1.165) is 11.1 Å². The third-order valence-electron chi connectivity index (χ3n) is 12.0. The highest BCUT2D eigenvalue weighted by Gasteiger charge is 2.72. The highest BCUT2D eigenvalue weighted by Crippen LogP contribution is 2.65. The number of likely N-dealkylation sites (N-methyl/N-ethyl adjacent to an activating group) is 1. The normalized spacial score (nSPS) is 28.4. The van der Waals surface area contributed by atoms with Crippen molar-refractivity contribution in [3.8, 4) is 11.5 Å². The van der Waals surface area contributed by atoms with Crippen molar-refractivity contribution in [1.82, 2.24) is 20.4 Å². The third kappa shape index (κ3) is 7.06. The fraction of sp³-hybridized carbons (Fsp3) is 0.622. The second-order valence-corrected chi connectivity index (χ2v) is 15.1. The van der Waals surface area contributed by atoms with E-state index in [0.29, 0.717) is 37.3 Å². The number of amides is 3. The second kappa shape index (κ2) is 15.5. The molecule has 6 rings (SSSR count). The highest BCUT2D eigenvalue weighted by atomic mass is 16.6. The van der Waals surface area contributed by atoms with Gasteiger partial charge in [-0.2, -0.15) is 0 Å². The largest absolute Gasteiger partial charge is 0.493 e. The molecule has 54 heavy (non-hydrogen) atoms. The van der Waals surface area contributed by atoms with Crippen molar-refractivity contribution in [2.75, 3.05) is 46.9 Å². The number of nitrogens with zero attached hydrogens (tertiary/aromatic N) is 3. The van der Waals surface area contributed by atoms with E-state index in [1.165, 1.54) is 11.8 Å². The van der Waals surface area contributed by atoms with E-state index in [1.807, 2.05) is 19.2 Å². The van der Waals surface area contributed by atoms with Crippen molar-refractivity contribution < 1.29 is 48.4 Å². The number of aliphatic imine (C=N–C) groups is 1. The minimum Gasteiger partial charge on any atom is -0.493 e. The van der Waals surface area contributed by atoms with Gasteiger partial charge in [-0.25, -0.2) is 4.79 Å². The van der Waals surface area contributed by atoms with E-state index < -0.39 is 53.0 Å². The number of methoxy groups -OCH3 is 1. The Kier molecular flexibility index (Phi) is 11.1. The monoisotopic (exact) mass is 753 g/mol. The van der Waals surface area contributed by atoms with Gasteiger partial charge in [0.1, 0.15) is 5.76 Å². The summed E-state index contributed by atoms with van der Waals surface area (Å²) >= 11 is 0. The molecule has 1 aromatic carbocycles. The standard InChI is InChI=1S/C37H51N7O10/c1-20(45)41-19-25(46)16-22(5-4-12-40-34(38)39)32(47)42-18-24-15-23(33(48)49)9-13-44(24)35(50)53-27-8-10-37(51)28-17-21-6-7-26(52-3)30-29(21)36(37,31(27)54-30)11-14-43(28)2/h6-8,22-24,28,31,51H,4-5,9-19H2,1-3H3,(H,41,45)(H,42,47)(H,48,49)(H4,38,39,40)/t22-,23?,24?,28-,31+,36+,37-/m1/s1. The summed E-state index contributed by atoms with van der Waals surface area (Å²) in [6.07, 6.45) is 2.35. The molecule has 1 spiro atoms. The number of carbonyl (C=O) groups excluding carboxylic acids is 4. The topological polar surface area (TPSA) is 248 Å². The van der Waals surface area contributed by atoms with Gasteiger partial charge in [-0.05, 0) is 69.8 Å². The van der Waals surface area contributed by atoms with Crippen LogP contribution in [0.15, 0.2) is 29.0 Å². The number of carbonyl (C=O) groups is 5. The molecule has 2 fully saturated rings. The molecular weight excluding hydrogens is 702 g/mol. The van der Waals surface area contributed by atoms with Crippen LogP contribution in [0.4, 0.5) is 4.79 Å². The SMILES string of the molecule is COc1ccc2c3c1O[C@H]1C(OC(=O)N4CCC(C(=O)O)CC4CNC(=O)[C@H](CCCN=C(N)N)CC(=O)CNC(C)=O)=CC[C@@]4(O)[C@@H](C2)N(C)CC[C@]314. The number of aliphatic hydroxyl groups is 1. The fourth-order valence-electron chi connectivity index (χ4n) is 9.26. The van der Waals surface area contributed by atoms with Crippen LogP contribution in [0.5, 0.6) is 11.5 Å². The summed E-state index contributed by atoms with van der Waals surface area (Å²) in [5.74, 6) is -2.52. The Bertz CT molecular complexity index is 1750. The van der Waals surface area contributed by atoms with Gasteiger partial charge >= 0.3 is 12.1 Å². The van der Waals surface area contributed by atoms with Crippen molar-refractivity contribution in [2.24, 2.45) is 28.3 Å². The molecule has 2 saturated heterocycles. The summed E-state index contributed by atoms with van der Waals surface area (Å²) in [6.45, 7) is 1.96. The Labute approximate surface area is 313 Å². The molecule has 0 radical (unpaired) electrons. The molecule has 3 amide bonds. The van der Waals surface area contributed by atoms with Crippen LogP contribution in [0.3, 0.4) is 0 Å². The summed E-state index contributed by atoms with van der Waals surface area (Å²) in [5.41, 5.74) is 10.7. The van der Waals surface area contributed by atoms with Crippen LogP contribution in [0, 0.1) is 11.8 Å². The van der Waals surface area contributed by atoms with Gasteiger partial charge in [-0.15, -0.1) is 0 Å². The minimum atomic E-state index is -1.19. The van der Waals surface area contributed by atoms with Crippen molar-refractivity contribution in [1.29, 1.82) is 0 Å². The van der Waals surface area contributed by atoms with Gasteiger partial charge in [0.25, 0.3) is 0 Å². The van der Waals surface area contributed by atoms with E-state index in [2.05, 4.69) is 20.5 Å². The number of piperidine rings is 2. The quantitative estimate of drug-likeness (QED) is 0.0843. The number of guanidine groups is 1. The number of nitrogens with one attached hydrogen (secondary N) is 2. The average molecular weight is 754 g/mol.